The van der Waals surface area contributed by atoms with Crippen LogP contribution in [0.3, 0.4) is 0 Å². The van der Waals surface area contributed by atoms with Crippen molar-refractivity contribution in [2.75, 3.05) is 27.0 Å². The number of hydrogen-bond donors (Lipinski definition) is 1. The highest BCUT2D eigenvalue weighted by molar-refractivity contribution is 5.80. The van der Waals surface area contributed by atoms with Crippen LogP contribution in [0.25, 0.3) is 0 Å². The third-order valence-electron chi connectivity index (χ3n) is 3.50. The van der Waals surface area contributed by atoms with E-state index in [1.54, 1.807) is 7.11 Å². The summed E-state index contributed by atoms with van der Waals surface area (Å²) in [6.45, 7) is 3.76. The van der Waals surface area contributed by atoms with E-state index in [0.29, 0.717) is 24.0 Å². The van der Waals surface area contributed by atoms with Gasteiger partial charge in [0.1, 0.15) is 0 Å². The molecule has 6 nitrogen and oxygen atoms in total. The first kappa shape index (κ1) is 12.0. The molecule has 2 aliphatic heterocycles. The monoisotopic (exact) mass is 263 g/mol. The lowest BCUT2D eigenvalue weighted by Gasteiger charge is -2.25. The van der Waals surface area contributed by atoms with Gasteiger partial charge >= 0.3 is 0 Å². The standard InChI is InChI=1S/C13H17N3O3/c1-3-16-9(6-15-13(16)14)8-4-10(17-2)12-11(5-8)18-7-19-12/h4-5,9H,3,6-7H2,1-2H3,(H2,14,15). The largest absolute Gasteiger partial charge is 0.493 e. The van der Waals surface area contributed by atoms with Gasteiger partial charge in [0.2, 0.25) is 12.5 Å². The van der Waals surface area contributed by atoms with Crippen molar-refractivity contribution in [2.24, 2.45) is 10.7 Å². The molecule has 1 unspecified atom stereocenters. The predicted octanol–water partition coefficient (Wildman–Crippen LogP) is 1.12. The number of nitrogens with two attached hydrogens (primary N) is 1. The first-order valence-corrected chi connectivity index (χ1v) is 6.28. The van der Waals surface area contributed by atoms with Gasteiger partial charge in [-0.1, -0.05) is 0 Å². The summed E-state index contributed by atoms with van der Waals surface area (Å²) in [4.78, 5) is 6.37. The molecule has 6 heteroatoms. The summed E-state index contributed by atoms with van der Waals surface area (Å²) >= 11 is 0. The van der Waals surface area contributed by atoms with E-state index in [9.17, 15) is 0 Å². The summed E-state index contributed by atoms with van der Waals surface area (Å²) in [6, 6.07) is 4.08. The SMILES string of the molecule is CCN1C(N)=NCC1c1cc(OC)c2c(c1)OCO2. The van der Waals surface area contributed by atoms with Gasteiger partial charge in [0.25, 0.3) is 0 Å². The zero-order valence-electron chi connectivity index (χ0n) is 11.0. The van der Waals surface area contributed by atoms with Crippen molar-refractivity contribution in [3.8, 4) is 17.2 Å². The van der Waals surface area contributed by atoms with Gasteiger partial charge in [0, 0.05) is 6.54 Å². The van der Waals surface area contributed by atoms with Crippen LogP contribution in [0.4, 0.5) is 0 Å². The number of fused-ring (bicyclic) bond motifs is 1. The molecule has 1 aromatic carbocycles. The molecule has 1 aromatic rings. The van der Waals surface area contributed by atoms with Crippen LogP contribution in [0.2, 0.25) is 0 Å². The normalized spacial score (nSPS) is 20.6. The van der Waals surface area contributed by atoms with Gasteiger partial charge in [-0.3, -0.25) is 4.99 Å². The summed E-state index contributed by atoms with van der Waals surface area (Å²) in [6.07, 6.45) is 0. The number of methoxy groups -OCH3 is 1. The number of benzene rings is 1. The lowest BCUT2D eigenvalue weighted by molar-refractivity contribution is 0.171. The zero-order chi connectivity index (χ0) is 13.4. The van der Waals surface area contributed by atoms with E-state index in [0.717, 1.165) is 17.9 Å². The fraction of sp³-hybridized carbons (Fsp3) is 0.462. The van der Waals surface area contributed by atoms with Gasteiger partial charge < -0.3 is 24.8 Å². The number of guanidine groups is 1. The number of aliphatic imine (C=N–C) groups is 1. The van der Waals surface area contributed by atoms with Crippen LogP contribution < -0.4 is 19.9 Å². The Balaban J connectivity index is 1.98. The van der Waals surface area contributed by atoms with E-state index in [1.165, 1.54) is 0 Å². The predicted molar refractivity (Wildman–Crippen MR) is 70.7 cm³/mol. The van der Waals surface area contributed by atoms with E-state index in [2.05, 4.69) is 16.8 Å². The molecule has 0 amide bonds. The molecule has 102 valence electrons. The Morgan fingerprint density at radius 1 is 1.47 bits per heavy atom. The van der Waals surface area contributed by atoms with Crippen molar-refractivity contribution in [3.05, 3.63) is 17.7 Å². The summed E-state index contributed by atoms with van der Waals surface area (Å²) < 4.78 is 16.2. The van der Waals surface area contributed by atoms with E-state index >= 15 is 0 Å². The second-order valence-electron chi connectivity index (χ2n) is 4.46. The van der Waals surface area contributed by atoms with Crippen molar-refractivity contribution < 1.29 is 14.2 Å². The summed E-state index contributed by atoms with van der Waals surface area (Å²) in [5.74, 6) is 2.66. The Labute approximate surface area is 111 Å². The minimum atomic E-state index is 0.133. The lowest BCUT2D eigenvalue weighted by atomic mass is 10.0. The quantitative estimate of drug-likeness (QED) is 0.884. The summed E-state index contributed by atoms with van der Waals surface area (Å²) in [5.41, 5.74) is 6.97. The smallest absolute Gasteiger partial charge is 0.231 e. The highest BCUT2D eigenvalue weighted by Gasteiger charge is 2.29. The second-order valence-corrected chi connectivity index (χ2v) is 4.46. The average molecular weight is 263 g/mol. The number of hydrogen-bond acceptors (Lipinski definition) is 6. The molecule has 0 saturated heterocycles. The third kappa shape index (κ3) is 1.83. The molecule has 0 aliphatic carbocycles. The maximum absolute atomic E-state index is 5.89. The van der Waals surface area contributed by atoms with E-state index < -0.39 is 0 Å². The molecular weight excluding hydrogens is 246 g/mol. The van der Waals surface area contributed by atoms with E-state index in [1.807, 2.05) is 12.1 Å². The van der Waals surface area contributed by atoms with Gasteiger partial charge in [-0.2, -0.15) is 0 Å². The lowest BCUT2D eigenvalue weighted by Crippen LogP contribution is -2.35. The first-order chi connectivity index (χ1) is 9.24. The molecule has 2 N–H and O–H groups in total. The molecule has 2 heterocycles. The van der Waals surface area contributed by atoms with Crippen LogP contribution in [0.15, 0.2) is 17.1 Å². The van der Waals surface area contributed by atoms with Gasteiger partial charge in [-0.25, -0.2) is 0 Å². The van der Waals surface area contributed by atoms with Crippen molar-refractivity contribution >= 4 is 5.96 Å². The maximum Gasteiger partial charge on any atom is 0.231 e. The van der Waals surface area contributed by atoms with Gasteiger partial charge in [-0.15, -0.1) is 0 Å². The fourth-order valence-electron chi connectivity index (χ4n) is 2.54. The molecule has 0 aromatic heterocycles. The Morgan fingerprint density at radius 3 is 3.05 bits per heavy atom. The topological polar surface area (TPSA) is 69.3 Å². The molecule has 0 bridgehead atoms. The molecule has 1 atom stereocenters. The fourth-order valence-corrected chi connectivity index (χ4v) is 2.54. The molecular formula is C13H17N3O3. The van der Waals surface area contributed by atoms with Crippen LogP contribution in [-0.2, 0) is 0 Å². The summed E-state index contributed by atoms with van der Waals surface area (Å²) in [5, 5.41) is 0. The molecule has 0 radical (unpaired) electrons. The Morgan fingerprint density at radius 2 is 2.32 bits per heavy atom. The molecule has 19 heavy (non-hydrogen) atoms. The van der Waals surface area contributed by atoms with Crippen LogP contribution in [0.5, 0.6) is 17.2 Å². The molecule has 3 rings (SSSR count). The Hall–Kier alpha value is -2.11. The molecule has 0 spiro atoms. The number of likely N-dealkylation sites (N-methyl/N-ethyl adjacent to an activating group) is 1. The van der Waals surface area contributed by atoms with E-state index in [-0.39, 0.29) is 12.8 Å². The van der Waals surface area contributed by atoms with Crippen molar-refractivity contribution in [2.45, 2.75) is 13.0 Å². The molecule has 0 fully saturated rings. The minimum absolute atomic E-state index is 0.133. The number of ether oxygens (including phenoxy) is 3. The summed E-state index contributed by atoms with van der Waals surface area (Å²) in [7, 11) is 1.62. The van der Waals surface area contributed by atoms with Gasteiger partial charge in [0.05, 0.1) is 19.7 Å². The van der Waals surface area contributed by atoms with Crippen molar-refractivity contribution in [3.63, 3.8) is 0 Å². The zero-order valence-corrected chi connectivity index (χ0v) is 11.0. The molecule has 2 aliphatic rings. The highest BCUT2D eigenvalue weighted by atomic mass is 16.7. The Bertz CT molecular complexity index is 530. The first-order valence-electron chi connectivity index (χ1n) is 6.28. The van der Waals surface area contributed by atoms with Crippen LogP contribution >= 0.6 is 0 Å². The number of nitrogens with zero attached hydrogens (tertiary/aromatic N) is 2. The minimum Gasteiger partial charge on any atom is -0.493 e. The maximum atomic E-state index is 5.89. The molecule has 0 saturated carbocycles. The van der Waals surface area contributed by atoms with Crippen molar-refractivity contribution in [1.82, 2.24) is 4.90 Å². The number of rotatable bonds is 3. The third-order valence-corrected chi connectivity index (χ3v) is 3.50. The average Bonchev–Trinajstić information content (AvgIpc) is 3.03. The second kappa shape index (κ2) is 4.53. The highest BCUT2D eigenvalue weighted by Crippen LogP contribution is 2.44. The van der Waals surface area contributed by atoms with Crippen LogP contribution in [-0.4, -0.2) is 37.9 Å². The van der Waals surface area contributed by atoms with Gasteiger partial charge in [0.15, 0.2) is 17.5 Å². The van der Waals surface area contributed by atoms with Crippen molar-refractivity contribution in [1.29, 1.82) is 0 Å². The van der Waals surface area contributed by atoms with Crippen LogP contribution in [0.1, 0.15) is 18.5 Å². The van der Waals surface area contributed by atoms with Gasteiger partial charge in [-0.05, 0) is 24.6 Å². The Kier molecular flexibility index (Phi) is 2.85. The van der Waals surface area contributed by atoms with E-state index in [4.69, 9.17) is 19.9 Å². The van der Waals surface area contributed by atoms with Crippen LogP contribution in [0, 0.1) is 0 Å².